The summed E-state index contributed by atoms with van der Waals surface area (Å²) in [6, 6.07) is -0.0314. The van der Waals surface area contributed by atoms with Crippen LogP contribution >= 0.6 is 0 Å². The van der Waals surface area contributed by atoms with E-state index in [0.29, 0.717) is 24.6 Å². The van der Waals surface area contributed by atoms with Crippen LogP contribution in [0.4, 0.5) is 27.9 Å². The third kappa shape index (κ3) is 4.51. The van der Waals surface area contributed by atoms with Crippen molar-refractivity contribution in [1.82, 2.24) is 19.3 Å². The number of benzene rings is 1. The number of fused-ring (bicyclic) bond motifs is 1. The van der Waals surface area contributed by atoms with Gasteiger partial charge >= 0.3 is 0 Å². The van der Waals surface area contributed by atoms with Crippen LogP contribution in [0, 0.1) is 40.9 Å². The number of hydrogen-bond donors (Lipinski definition) is 1. The van der Waals surface area contributed by atoms with Gasteiger partial charge in [0, 0.05) is 19.1 Å². The molecule has 1 aliphatic heterocycles. The van der Waals surface area contributed by atoms with Crippen LogP contribution in [0.15, 0.2) is 17.1 Å². The number of nitrogens with zero attached hydrogens (tertiary/aromatic N) is 5. The lowest BCUT2D eigenvalue weighted by molar-refractivity contribution is 0.377. The molecule has 1 aliphatic rings. The van der Waals surface area contributed by atoms with E-state index in [1.54, 1.807) is 11.5 Å². The topological polar surface area (TPSA) is 82.0 Å². The molecule has 0 radical (unpaired) electrons. The van der Waals surface area contributed by atoms with E-state index in [-0.39, 0.29) is 24.6 Å². The van der Waals surface area contributed by atoms with Crippen molar-refractivity contribution in [3.63, 3.8) is 0 Å². The molecular formula is C23H21F5N6O. The van der Waals surface area contributed by atoms with Crippen LogP contribution in [0.3, 0.4) is 0 Å². The first-order valence-corrected chi connectivity index (χ1v) is 10.8. The van der Waals surface area contributed by atoms with E-state index >= 15 is 0 Å². The van der Waals surface area contributed by atoms with Gasteiger partial charge in [0.05, 0.1) is 24.8 Å². The average Bonchev–Trinajstić information content (AvgIpc) is 3.23. The number of rotatable bonds is 5. The van der Waals surface area contributed by atoms with Gasteiger partial charge in [0.1, 0.15) is 11.0 Å². The molecule has 0 bridgehead atoms. The number of nitrogens with two attached hydrogens (primary N) is 1. The maximum absolute atomic E-state index is 13.9. The summed E-state index contributed by atoms with van der Waals surface area (Å²) in [5.41, 5.74) is 5.00. The zero-order valence-electron chi connectivity index (χ0n) is 18.7. The van der Waals surface area contributed by atoms with Gasteiger partial charge < -0.3 is 10.6 Å². The number of aromatic nitrogens is 4. The molecule has 4 rings (SSSR count). The fraction of sp³-hybridized carbons (Fsp3) is 0.348. The minimum Gasteiger partial charge on any atom is -0.341 e. The predicted molar refractivity (Wildman–Crippen MR) is 120 cm³/mol. The quantitative estimate of drug-likeness (QED) is 0.256. The Labute approximate surface area is 196 Å². The predicted octanol–water partition coefficient (Wildman–Crippen LogP) is 2.95. The zero-order chi connectivity index (χ0) is 25.3. The lowest BCUT2D eigenvalue weighted by atomic mass is 10.1. The molecule has 2 aromatic heterocycles. The lowest BCUT2D eigenvalue weighted by Gasteiger charge is -2.31. The standard InChI is InChI=1S/C23H21F5N6O/c1-2-3-9-33-21-15(31-23(33)32-8-4-6-13(29)12-32)11-30-34(22(21)35)10-5-7-14-16(24)18(26)20(28)19(27)17(14)25/h5,7,11,13H,4,6,8-10,12,29H2,1H3/b7-5+. The summed E-state index contributed by atoms with van der Waals surface area (Å²) >= 11 is 0. The zero-order valence-corrected chi connectivity index (χ0v) is 18.7. The van der Waals surface area contributed by atoms with E-state index in [0.717, 1.165) is 29.7 Å². The third-order valence-corrected chi connectivity index (χ3v) is 5.69. The van der Waals surface area contributed by atoms with E-state index in [2.05, 4.69) is 21.9 Å². The fourth-order valence-electron chi connectivity index (χ4n) is 3.98. The highest BCUT2D eigenvalue weighted by Crippen LogP contribution is 2.25. The van der Waals surface area contributed by atoms with Crippen molar-refractivity contribution < 1.29 is 22.0 Å². The molecule has 1 fully saturated rings. The van der Waals surface area contributed by atoms with Crippen molar-refractivity contribution in [2.45, 2.75) is 38.9 Å². The molecular weight excluding hydrogens is 471 g/mol. The van der Waals surface area contributed by atoms with Crippen molar-refractivity contribution in [3.8, 4) is 11.8 Å². The maximum atomic E-state index is 13.9. The van der Waals surface area contributed by atoms with Crippen molar-refractivity contribution in [2.24, 2.45) is 5.73 Å². The lowest BCUT2D eigenvalue weighted by Crippen LogP contribution is -2.44. The van der Waals surface area contributed by atoms with E-state index in [4.69, 9.17) is 5.73 Å². The van der Waals surface area contributed by atoms with Crippen LogP contribution in [-0.4, -0.2) is 38.5 Å². The molecule has 1 atom stereocenters. The Hall–Kier alpha value is -3.72. The maximum Gasteiger partial charge on any atom is 0.293 e. The molecule has 0 aliphatic carbocycles. The summed E-state index contributed by atoms with van der Waals surface area (Å²) in [4.78, 5) is 19.7. The first-order valence-electron chi connectivity index (χ1n) is 10.8. The van der Waals surface area contributed by atoms with E-state index in [1.807, 2.05) is 4.90 Å². The SMILES string of the molecule is CC#CCn1c(N2CCCC(N)C2)nc2cnn(C/C=C/c3c(F)c(F)c(F)c(F)c3F)c(=O)c21. The van der Waals surface area contributed by atoms with Crippen LogP contribution in [0.25, 0.3) is 17.1 Å². The molecule has 7 nitrogen and oxygen atoms in total. The minimum atomic E-state index is -2.24. The summed E-state index contributed by atoms with van der Waals surface area (Å²) in [5, 5.41) is 4.03. The summed E-state index contributed by atoms with van der Waals surface area (Å²) < 4.78 is 70.5. The van der Waals surface area contributed by atoms with E-state index in [1.165, 1.54) is 6.20 Å². The Bertz CT molecular complexity index is 1410. The number of imidazole rings is 1. The summed E-state index contributed by atoms with van der Waals surface area (Å²) in [6.45, 7) is 2.84. The molecule has 1 saturated heterocycles. The highest BCUT2D eigenvalue weighted by Gasteiger charge is 2.25. The van der Waals surface area contributed by atoms with Crippen LogP contribution in [0.2, 0.25) is 0 Å². The molecule has 0 amide bonds. The van der Waals surface area contributed by atoms with Crippen molar-refractivity contribution >= 4 is 23.1 Å². The van der Waals surface area contributed by atoms with Gasteiger partial charge in [0.15, 0.2) is 23.3 Å². The number of anilines is 1. The molecule has 3 heterocycles. The number of halogens is 5. The van der Waals surface area contributed by atoms with Gasteiger partial charge in [-0.15, -0.1) is 5.92 Å². The molecule has 0 saturated carbocycles. The highest BCUT2D eigenvalue weighted by molar-refractivity contribution is 5.77. The van der Waals surface area contributed by atoms with Gasteiger partial charge in [-0.05, 0) is 19.8 Å². The minimum absolute atomic E-state index is 0.0314. The molecule has 3 aromatic rings. The average molecular weight is 492 g/mol. The molecule has 1 aromatic carbocycles. The Balaban J connectivity index is 1.72. The van der Waals surface area contributed by atoms with E-state index in [9.17, 15) is 26.7 Å². The first-order chi connectivity index (χ1) is 16.7. The molecule has 2 N–H and O–H groups in total. The highest BCUT2D eigenvalue weighted by atomic mass is 19.2. The summed E-state index contributed by atoms with van der Waals surface area (Å²) in [6.07, 6.45) is 4.92. The molecule has 12 heteroatoms. The van der Waals surface area contributed by atoms with Crippen LogP contribution < -0.4 is 16.2 Å². The van der Waals surface area contributed by atoms with Crippen LogP contribution in [0.5, 0.6) is 0 Å². The summed E-state index contributed by atoms with van der Waals surface area (Å²) in [7, 11) is 0. The molecule has 0 spiro atoms. The Morgan fingerprint density at radius 1 is 1.14 bits per heavy atom. The van der Waals surface area contributed by atoms with Gasteiger partial charge in [0.2, 0.25) is 11.8 Å². The van der Waals surface area contributed by atoms with Gasteiger partial charge in [-0.3, -0.25) is 9.36 Å². The van der Waals surface area contributed by atoms with Gasteiger partial charge in [0.25, 0.3) is 5.56 Å². The fourth-order valence-corrected chi connectivity index (χ4v) is 3.98. The second-order valence-electron chi connectivity index (χ2n) is 8.02. The van der Waals surface area contributed by atoms with Crippen LogP contribution in [-0.2, 0) is 13.1 Å². The van der Waals surface area contributed by atoms with Gasteiger partial charge in [-0.2, -0.15) is 5.10 Å². The largest absolute Gasteiger partial charge is 0.341 e. The Kier molecular flexibility index (Phi) is 6.88. The Morgan fingerprint density at radius 3 is 2.49 bits per heavy atom. The van der Waals surface area contributed by atoms with Crippen molar-refractivity contribution in [3.05, 3.63) is 57.3 Å². The van der Waals surface area contributed by atoms with Gasteiger partial charge in [-0.25, -0.2) is 31.6 Å². The monoisotopic (exact) mass is 492 g/mol. The van der Waals surface area contributed by atoms with Crippen molar-refractivity contribution in [2.75, 3.05) is 18.0 Å². The number of allylic oxidation sites excluding steroid dienone is 1. The second-order valence-corrected chi connectivity index (χ2v) is 8.02. The molecule has 184 valence electrons. The molecule has 35 heavy (non-hydrogen) atoms. The molecule has 1 unspecified atom stereocenters. The normalized spacial score (nSPS) is 16.2. The third-order valence-electron chi connectivity index (χ3n) is 5.69. The summed E-state index contributed by atoms with van der Waals surface area (Å²) in [5.74, 6) is -4.03. The van der Waals surface area contributed by atoms with Gasteiger partial charge in [-0.1, -0.05) is 18.1 Å². The first kappa shape index (κ1) is 24.4. The van der Waals surface area contributed by atoms with E-state index < -0.39 is 40.2 Å². The number of hydrogen-bond acceptors (Lipinski definition) is 5. The number of piperidine rings is 1. The Morgan fingerprint density at radius 2 is 1.83 bits per heavy atom. The van der Waals surface area contributed by atoms with Crippen molar-refractivity contribution in [1.29, 1.82) is 0 Å². The van der Waals surface area contributed by atoms with Crippen LogP contribution in [0.1, 0.15) is 25.3 Å². The second kappa shape index (κ2) is 9.87. The smallest absolute Gasteiger partial charge is 0.293 e.